The Hall–Kier alpha value is -2.43. The van der Waals surface area contributed by atoms with Gasteiger partial charge in [0, 0.05) is 23.5 Å². The van der Waals surface area contributed by atoms with E-state index in [1.54, 1.807) is 6.20 Å². The summed E-state index contributed by atoms with van der Waals surface area (Å²) < 4.78 is 7.52. The molecule has 19 heavy (non-hydrogen) atoms. The first-order valence-corrected chi connectivity index (χ1v) is 6.19. The lowest BCUT2D eigenvalue weighted by Crippen LogP contribution is -1.96. The number of hydrogen-bond acceptors (Lipinski definition) is 4. The van der Waals surface area contributed by atoms with Crippen LogP contribution >= 0.6 is 0 Å². The van der Waals surface area contributed by atoms with Crippen molar-refractivity contribution in [2.24, 2.45) is 0 Å². The highest BCUT2D eigenvalue weighted by Gasteiger charge is 2.08. The molecular formula is C14H14N4O. The molecule has 0 unspecified atom stereocenters. The second-order valence-electron chi connectivity index (χ2n) is 4.19. The van der Waals surface area contributed by atoms with E-state index in [1.807, 2.05) is 48.7 Å². The number of aromatic nitrogens is 4. The molecule has 0 aliphatic rings. The summed E-state index contributed by atoms with van der Waals surface area (Å²) >= 11 is 0. The van der Waals surface area contributed by atoms with E-state index in [0.29, 0.717) is 12.4 Å². The minimum atomic E-state index is 0.607. The van der Waals surface area contributed by atoms with Crippen LogP contribution in [-0.2, 0) is 0 Å². The second-order valence-corrected chi connectivity index (χ2v) is 4.19. The Morgan fingerprint density at radius 1 is 1.21 bits per heavy atom. The van der Waals surface area contributed by atoms with E-state index in [0.717, 1.165) is 22.7 Å². The average molecular weight is 254 g/mol. The molecule has 1 aromatic carbocycles. The zero-order valence-electron chi connectivity index (χ0n) is 10.9. The largest absolute Gasteiger partial charge is 0.493 e. The number of nitrogens with zero attached hydrogens (tertiary/aromatic N) is 4. The number of ether oxygens (including phenoxy) is 1. The molecule has 0 saturated heterocycles. The van der Waals surface area contributed by atoms with Crippen LogP contribution in [0.5, 0.6) is 5.75 Å². The van der Waals surface area contributed by atoms with Crippen LogP contribution in [0, 0.1) is 6.92 Å². The van der Waals surface area contributed by atoms with Gasteiger partial charge in [0.05, 0.1) is 6.61 Å². The minimum absolute atomic E-state index is 0.607. The van der Waals surface area contributed by atoms with Crippen LogP contribution in [0.4, 0.5) is 0 Å². The van der Waals surface area contributed by atoms with Crippen molar-refractivity contribution < 1.29 is 4.74 Å². The maximum Gasteiger partial charge on any atom is 0.254 e. The molecule has 2 aromatic heterocycles. The van der Waals surface area contributed by atoms with Gasteiger partial charge >= 0.3 is 0 Å². The minimum Gasteiger partial charge on any atom is -0.493 e. The van der Waals surface area contributed by atoms with Gasteiger partial charge in [0.25, 0.3) is 5.78 Å². The molecule has 0 N–H and O–H groups in total. The number of aryl methyl sites for hydroxylation is 1. The lowest BCUT2D eigenvalue weighted by Gasteiger charge is -2.09. The Morgan fingerprint density at radius 3 is 2.89 bits per heavy atom. The van der Waals surface area contributed by atoms with Crippen LogP contribution in [0.15, 0.2) is 36.7 Å². The third-order valence-electron chi connectivity index (χ3n) is 2.93. The molecular weight excluding hydrogens is 240 g/mol. The van der Waals surface area contributed by atoms with Crippen molar-refractivity contribution in [3.05, 3.63) is 42.5 Å². The smallest absolute Gasteiger partial charge is 0.254 e. The molecule has 3 rings (SSSR count). The molecule has 0 saturated carbocycles. The molecule has 96 valence electrons. The van der Waals surface area contributed by atoms with Crippen molar-refractivity contribution in [3.8, 4) is 16.9 Å². The number of fused-ring (bicyclic) bond motifs is 1. The molecule has 0 fully saturated rings. The van der Waals surface area contributed by atoms with E-state index in [-0.39, 0.29) is 0 Å². The van der Waals surface area contributed by atoms with Crippen LogP contribution in [0.3, 0.4) is 0 Å². The predicted octanol–water partition coefficient (Wildman–Crippen LogP) is 2.50. The highest BCUT2D eigenvalue weighted by molar-refractivity contribution is 5.69. The summed E-state index contributed by atoms with van der Waals surface area (Å²) in [6, 6.07) is 7.93. The van der Waals surface area contributed by atoms with Gasteiger partial charge in [-0.15, -0.1) is 10.2 Å². The van der Waals surface area contributed by atoms with Crippen LogP contribution in [0.1, 0.15) is 12.7 Å². The van der Waals surface area contributed by atoms with E-state index in [1.165, 1.54) is 0 Å². The van der Waals surface area contributed by atoms with Gasteiger partial charge < -0.3 is 4.74 Å². The fraction of sp³-hybridized carbons (Fsp3) is 0.214. The van der Waals surface area contributed by atoms with Crippen LogP contribution in [0.2, 0.25) is 0 Å². The Morgan fingerprint density at radius 2 is 2.05 bits per heavy atom. The van der Waals surface area contributed by atoms with Crippen molar-refractivity contribution >= 4 is 5.78 Å². The Kier molecular flexibility index (Phi) is 2.87. The molecule has 3 aromatic rings. The average Bonchev–Trinajstić information content (AvgIpc) is 2.81. The highest BCUT2D eigenvalue weighted by Crippen LogP contribution is 2.29. The molecule has 5 heteroatoms. The molecule has 0 spiro atoms. The molecule has 0 bridgehead atoms. The number of para-hydroxylation sites is 1. The van der Waals surface area contributed by atoms with E-state index in [4.69, 9.17) is 4.74 Å². The normalized spacial score (nSPS) is 10.8. The van der Waals surface area contributed by atoms with Crippen molar-refractivity contribution in [1.82, 2.24) is 19.6 Å². The molecule has 0 radical (unpaired) electrons. The zero-order chi connectivity index (χ0) is 13.2. The van der Waals surface area contributed by atoms with Gasteiger partial charge in [0.1, 0.15) is 11.6 Å². The zero-order valence-corrected chi connectivity index (χ0v) is 10.9. The van der Waals surface area contributed by atoms with Crippen molar-refractivity contribution in [2.75, 3.05) is 6.61 Å². The van der Waals surface area contributed by atoms with E-state index < -0.39 is 0 Å². The van der Waals surface area contributed by atoms with Crippen molar-refractivity contribution in [2.45, 2.75) is 13.8 Å². The summed E-state index contributed by atoms with van der Waals surface area (Å²) in [5, 5.41) is 7.99. The third kappa shape index (κ3) is 2.03. The van der Waals surface area contributed by atoms with Gasteiger partial charge in [0.15, 0.2) is 0 Å². The third-order valence-corrected chi connectivity index (χ3v) is 2.93. The van der Waals surface area contributed by atoms with E-state index >= 15 is 0 Å². The maximum absolute atomic E-state index is 5.65. The standard InChI is InChI=1S/C14H14N4O/c1-3-19-13-7-5-4-6-12(13)11-8-15-14-17-16-10(2)18(14)9-11/h4-9H,3H2,1-2H3. The summed E-state index contributed by atoms with van der Waals surface area (Å²) in [7, 11) is 0. The van der Waals surface area contributed by atoms with Gasteiger partial charge in [-0.1, -0.05) is 18.2 Å². The second kappa shape index (κ2) is 4.68. The van der Waals surface area contributed by atoms with Gasteiger partial charge in [-0.2, -0.15) is 0 Å². The molecule has 0 atom stereocenters. The molecule has 0 aliphatic heterocycles. The summed E-state index contributed by atoms with van der Waals surface area (Å²) in [5.41, 5.74) is 2.01. The SMILES string of the molecule is CCOc1ccccc1-c1cnc2nnc(C)n2c1. The van der Waals surface area contributed by atoms with Gasteiger partial charge in [0.2, 0.25) is 0 Å². The van der Waals surface area contributed by atoms with Crippen LogP contribution < -0.4 is 4.74 Å². The number of benzene rings is 1. The monoisotopic (exact) mass is 254 g/mol. The highest BCUT2D eigenvalue weighted by atomic mass is 16.5. The lowest BCUT2D eigenvalue weighted by molar-refractivity contribution is 0.341. The molecule has 2 heterocycles. The summed E-state index contributed by atoms with van der Waals surface area (Å²) in [4.78, 5) is 4.31. The van der Waals surface area contributed by atoms with Crippen LogP contribution in [0.25, 0.3) is 16.9 Å². The van der Waals surface area contributed by atoms with E-state index in [2.05, 4.69) is 15.2 Å². The summed E-state index contributed by atoms with van der Waals surface area (Å²) in [6.07, 6.45) is 3.77. The maximum atomic E-state index is 5.65. The van der Waals surface area contributed by atoms with Gasteiger partial charge in [-0.05, 0) is 19.9 Å². The fourth-order valence-corrected chi connectivity index (χ4v) is 2.02. The molecule has 0 amide bonds. The summed E-state index contributed by atoms with van der Waals surface area (Å²) in [6.45, 7) is 4.51. The van der Waals surface area contributed by atoms with Crippen molar-refractivity contribution in [1.29, 1.82) is 0 Å². The first-order valence-electron chi connectivity index (χ1n) is 6.19. The Bertz CT molecular complexity index is 720. The fourth-order valence-electron chi connectivity index (χ4n) is 2.02. The van der Waals surface area contributed by atoms with Crippen molar-refractivity contribution in [3.63, 3.8) is 0 Å². The quantitative estimate of drug-likeness (QED) is 0.720. The molecule has 5 nitrogen and oxygen atoms in total. The predicted molar refractivity (Wildman–Crippen MR) is 72.1 cm³/mol. The first kappa shape index (κ1) is 11.6. The number of hydrogen-bond donors (Lipinski definition) is 0. The summed E-state index contributed by atoms with van der Waals surface area (Å²) in [5.74, 6) is 2.28. The number of rotatable bonds is 3. The van der Waals surface area contributed by atoms with E-state index in [9.17, 15) is 0 Å². The van der Waals surface area contributed by atoms with Crippen LogP contribution in [-0.4, -0.2) is 26.2 Å². The lowest BCUT2D eigenvalue weighted by atomic mass is 10.1. The molecule has 0 aliphatic carbocycles. The Labute approximate surface area is 110 Å². The van der Waals surface area contributed by atoms with Gasteiger partial charge in [-0.3, -0.25) is 4.40 Å². The first-order chi connectivity index (χ1) is 9.29. The van der Waals surface area contributed by atoms with Gasteiger partial charge in [-0.25, -0.2) is 4.98 Å². The topological polar surface area (TPSA) is 52.3 Å². The Balaban J connectivity index is 2.15.